The topological polar surface area (TPSA) is 86.7 Å². The van der Waals surface area contributed by atoms with Gasteiger partial charge >= 0.3 is 6.29 Å². The molecule has 8 nitrogen and oxygen atoms in total. The average molecular weight is 406 g/mol. The first-order valence-corrected chi connectivity index (χ1v) is 10.2. The molecular weight excluding hydrogens is 377 g/mol. The van der Waals surface area contributed by atoms with Crippen LogP contribution in [0.3, 0.4) is 0 Å². The lowest BCUT2D eigenvalue weighted by Crippen LogP contribution is -2.60. The molecule has 29 heavy (non-hydrogen) atoms. The van der Waals surface area contributed by atoms with Crippen molar-refractivity contribution in [2.24, 2.45) is 0 Å². The second-order valence-corrected chi connectivity index (χ2v) is 7.94. The van der Waals surface area contributed by atoms with Crippen molar-refractivity contribution >= 4 is 11.3 Å². The number of hydrogen-bond acceptors (Lipinski definition) is 7. The van der Waals surface area contributed by atoms with Gasteiger partial charge in [0.1, 0.15) is 0 Å². The zero-order valence-corrected chi connectivity index (χ0v) is 17.0. The number of anilines is 1. The molecule has 3 aliphatic heterocycles. The number of nitroso groups, excluding NO2 is 1. The molecule has 1 fully saturated rings. The van der Waals surface area contributed by atoms with Gasteiger partial charge in [0.25, 0.3) is 6.17 Å². The fourth-order valence-corrected chi connectivity index (χ4v) is 4.13. The van der Waals surface area contributed by atoms with Gasteiger partial charge in [-0.15, -0.1) is 0 Å². The van der Waals surface area contributed by atoms with Crippen LogP contribution in [-0.2, 0) is 0 Å². The minimum atomic E-state index is -0.760. The zero-order chi connectivity index (χ0) is 20.5. The molecule has 0 radical (unpaired) electrons. The summed E-state index contributed by atoms with van der Waals surface area (Å²) in [6.45, 7) is 4.84. The van der Waals surface area contributed by atoms with E-state index in [1.165, 1.54) is 0 Å². The van der Waals surface area contributed by atoms with E-state index in [1.54, 1.807) is 13.1 Å². The Morgan fingerprint density at radius 1 is 1.28 bits per heavy atom. The van der Waals surface area contributed by atoms with Gasteiger partial charge in [0, 0.05) is 36.0 Å². The molecule has 0 aromatic heterocycles. The SMILES string of the molecule is CNC1CC(C)NC(Nc2cc3c(c(C4=CCN[C@H](C)CC4)c2F)OCO3)[N+]1=O. The van der Waals surface area contributed by atoms with Crippen molar-refractivity contribution in [1.82, 2.24) is 16.0 Å². The molecule has 3 unspecified atom stereocenters. The monoisotopic (exact) mass is 406 g/mol. The normalized spacial score (nSPS) is 29.4. The molecule has 3 heterocycles. The fourth-order valence-electron chi connectivity index (χ4n) is 4.13. The summed E-state index contributed by atoms with van der Waals surface area (Å²) in [5, 5.41) is 12.6. The summed E-state index contributed by atoms with van der Waals surface area (Å²) in [6.07, 6.45) is 3.19. The van der Waals surface area contributed by atoms with Crippen LogP contribution in [0.2, 0.25) is 0 Å². The first-order valence-electron chi connectivity index (χ1n) is 10.2. The van der Waals surface area contributed by atoms with Gasteiger partial charge in [-0.05, 0) is 39.3 Å². The Bertz CT molecular complexity index is 831. The number of nitrogens with zero attached hydrogens (tertiary/aromatic N) is 1. The molecule has 0 spiro atoms. The van der Waals surface area contributed by atoms with Gasteiger partial charge in [-0.3, -0.25) is 5.32 Å². The minimum Gasteiger partial charge on any atom is -0.453 e. The van der Waals surface area contributed by atoms with Crippen LogP contribution in [0.25, 0.3) is 5.57 Å². The number of hydrogen-bond donors (Lipinski definition) is 4. The third-order valence-corrected chi connectivity index (χ3v) is 5.79. The van der Waals surface area contributed by atoms with Gasteiger partial charge in [-0.25, -0.2) is 9.71 Å². The number of allylic oxidation sites excluding steroid dienone is 1. The summed E-state index contributed by atoms with van der Waals surface area (Å²) < 4.78 is 27.7. The number of rotatable bonds is 4. The smallest absolute Gasteiger partial charge is 0.335 e. The van der Waals surface area contributed by atoms with E-state index in [-0.39, 0.29) is 24.7 Å². The van der Waals surface area contributed by atoms with Gasteiger partial charge < -0.3 is 20.1 Å². The van der Waals surface area contributed by atoms with Gasteiger partial charge in [-0.2, -0.15) is 0 Å². The van der Waals surface area contributed by atoms with E-state index in [4.69, 9.17) is 9.47 Å². The number of ether oxygens (including phenoxy) is 2. The third-order valence-electron chi connectivity index (χ3n) is 5.79. The molecule has 0 amide bonds. The number of nitrogens with one attached hydrogen (secondary N) is 4. The molecular formula is C20H29FN5O3+. The highest BCUT2D eigenvalue weighted by atomic mass is 19.1. The van der Waals surface area contributed by atoms with Gasteiger partial charge in [0.15, 0.2) is 17.3 Å². The fraction of sp³-hybridized carbons (Fsp3) is 0.600. The third kappa shape index (κ3) is 3.94. The molecule has 158 valence electrons. The molecule has 1 aromatic carbocycles. The first kappa shape index (κ1) is 20.1. The van der Waals surface area contributed by atoms with Crippen molar-refractivity contribution in [2.75, 3.05) is 25.7 Å². The molecule has 4 N–H and O–H groups in total. The molecule has 1 aromatic rings. The standard InChI is InChI=1S/C20H29FN5O3/c1-11-4-5-13(6-7-23-11)17-18(21)14(9-15-19(17)29-10-28-15)25-20-24-12(2)8-16(22-3)26(20)27/h6,9,11-12,16,20,22-25H,4-5,7-8,10H2,1-3H3/q+1/t11-,12?,16?,20?/m1/s1. The van der Waals surface area contributed by atoms with Gasteiger partial charge in [0.2, 0.25) is 6.79 Å². The molecule has 3 aliphatic rings. The highest BCUT2D eigenvalue weighted by Crippen LogP contribution is 2.45. The first-order chi connectivity index (χ1) is 14.0. The number of fused-ring (bicyclic) bond motifs is 1. The summed E-state index contributed by atoms with van der Waals surface area (Å²) in [5.74, 6) is 0.497. The van der Waals surface area contributed by atoms with Crippen molar-refractivity contribution in [1.29, 1.82) is 0 Å². The van der Waals surface area contributed by atoms with Crippen LogP contribution >= 0.6 is 0 Å². The summed E-state index contributed by atoms with van der Waals surface area (Å²) in [7, 11) is 1.75. The van der Waals surface area contributed by atoms with Crippen LogP contribution in [0, 0.1) is 10.7 Å². The van der Waals surface area contributed by atoms with Crippen molar-refractivity contribution in [3.63, 3.8) is 0 Å². The Labute approximate surface area is 169 Å². The number of halogens is 1. The van der Waals surface area contributed by atoms with Gasteiger partial charge in [-0.1, -0.05) is 6.08 Å². The molecule has 9 heteroatoms. The maximum atomic E-state index is 15.7. The van der Waals surface area contributed by atoms with E-state index in [0.29, 0.717) is 36.1 Å². The van der Waals surface area contributed by atoms with Gasteiger partial charge in [0.05, 0.1) is 16.0 Å². The van der Waals surface area contributed by atoms with Crippen LogP contribution in [0.4, 0.5) is 10.1 Å². The Morgan fingerprint density at radius 2 is 2.10 bits per heavy atom. The Balaban J connectivity index is 1.68. The summed E-state index contributed by atoms with van der Waals surface area (Å²) in [5.41, 5.74) is 1.53. The second-order valence-electron chi connectivity index (χ2n) is 7.94. The Kier molecular flexibility index (Phi) is 5.71. The molecule has 4 rings (SSSR count). The van der Waals surface area contributed by atoms with E-state index < -0.39 is 12.1 Å². The maximum Gasteiger partial charge on any atom is 0.335 e. The maximum absolute atomic E-state index is 15.7. The minimum absolute atomic E-state index is 0.0569. The quantitative estimate of drug-likeness (QED) is 0.570. The molecule has 4 atom stereocenters. The largest absolute Gasteiger partial charge is 0.453 e. The van der Waals surface area contributed by atoms with Crippen molar-refractivity contribution in [2.45, 2.75) is 57.6 Å². The van der Waals surface area contributed by atoms with E-state index in [0.717, 1.165) is 23.2 Å². The summed E-state index contributed by atoms with van der Waals surface area (Å²) >= 11 is 0. The molecule has 0 saturated carbocycles. The Morgan fingerprint density at radius 3 is 2.90 bits per heavy atom. The van der Waals surface area contributed by atoms with E-state index in [1.807, 2.05) is 13.0 Å². The van der Waals surface area contributed by atoms with Crippen LogP contribution in [0.15, 0.2) is 12.1 Å². The number of benzene rings is 1. The van der Waals surface area contributed by atoms with E-state index >= 15 is 4.39 Å². The molecule has 0 bridgehead atoms. The van der Waals surface area contributed by atoms with Crippen molar-refractivity contribution in [3.05, 3.63) is 28.4 Å². The lowest BCUT2D eigenvalue weighted by molar-refractivity contribution is -0.636. The lowest BCUT2D eigenvalue weighted by atomic mass is 9.97. The van der Waals surface area contributed by atoms with Crippen molar-refractivity contribution < 1.29 is 18.6 Å². The van der Waals surface area contributed by atoms with E-state index in [9.17, 15) is 4.91 Å². The zero-order valence-electron chi connectivity index (χ0n) is 17.0. The second kappa shape index (κ2) is 8.25. The highest BCUT2D eigenvalue weighted by molar-refractivity contribution is 5.78. The predicted molar refractivity (Wildman–Crippen MR) is 108 cm³/mol. The average Bonchev–Trinajstić information content (AvgIpc) is 3.05. The van der Waals surface area contributed by atoms with Crippen molar-refractivity contribution in [3.8, 4) is 11.5 Å². The molecule has 0 aliphatic carbocycles. The van der Waals surface area contributed by atoms with Crippen LogP contribution in [0.5, 0.6) is 11.5 Å². The predicted octanol–water partition coefficient (Wildman–Crippen LogP) is 2.11. The lowest BCUT2D eigenvalue weighted by Gasteiger charge is -2.28. The summed E-state index contributed by atoms with van der Waals surface area (Å²) in [4.78, 5) is 12.7. The van der Waals surface area contributed by atoms with E-state index in [2.05, 4.69) is 28.2 Å². The van der Waals surface area contributed by atoms with Crippen LogP contribution in [-0.4, -0.2) is 49.7 Å². The summed E-state index contributed by atoms with van der Waals surface area (Å²) in [6, 6.07) is 2.03. The highest BCUT2D eigenvalue weighted by Gasteiger charge is 2.41. The Hall–Kier alpha value is -2.23. The van der Waals surface area contributed by atoms with Crippen LogP contribution in [0.1, 0.15) is 38.7 Å². The molecule has 1 saturated heterocycles. The van der Waals surface area contributed by atoms with Crippen LogP contribution < -0.4 is 30.7 Å².